The molecule has 2 unspecified atom stereocenters. The maximum absolute atomic E-state index is 11.1. The summed E-state index contributed by atoms with van der Waals surface area (Å²) < 4.78 is 5.51. The van der Waals surface area contributed by atoms with E-state index in [0.717, 1.165) is 16.9 Å². The standard InChI is InChI=1S/C23H23ClN2O4/c1-2-30-21-12-8-16(9-13-21)22(15-23(27)17-6-10-18(24)11-7-17)25-19-4-3-5-20(14-19)26(28)29/h3-14,22-23,25,27H,2,15H2,1H3. The zero-order valence-corrected chi connectivity index (χ0v) is 17.3. The molecule has 3 aromatic carbocycles. The molecule has 0 amide bonds. The third kappa shape index (κ3) is 5.72. The summed E-state index contributed by atoms with van der Waals surface area (Å²) in [7, 11) is 0. The fourth-order valence-corrected chi connectivity index (χ4v) is 3.32. The van der Waals surface area contributed by atoms with Gasteiger partial charge in [0.2, 0.25) is 0 Å². The summed E-state index contributed by atoms with van der Waals surface area (Å²) in [4.78, 5) is 10.7. The number of ether oxygens (including phenoxy) is 1. The Morgan fingerprint density at radius 3 is 2.37 bits per heavy atom. The van der Waals surface area contributed by atoms with Crippen molar-refractivity contribution < 1.29 is 14.8 Å². The molecule has 0 aliphatic rings. The zero-order valence-electron chi connectivity index (χ0n) is 16.5. The second-order valence-electron chi connectivity index (χ2n) is 6.81. The molecule has 0 aliphatic carbocycles. The van der Waals surface area contributed by atoms with E-state index in [4.69, 9.17) is 16.3 Å². The third-order valence-corrected chi connectivity index (χ3v) is 4.96. The Balaban J connectivity index is 1.86. The van der Waals surface area contributed by atoms with Crippen molar-refractivity contribution in [2.24, 2.45) is 0 Å². The van der Waals surface area contributed by atoms with Crippen molar-refractivity contribution in [2.45, 2.75) is 25.5 Å². The van der Waals surface area contributed by atoms with Crippen molar-refractivity contribution in [3.8, 4) is 5.75 Å². The maximum Gasteiger partial charge on any atom is 0.271 e. The van der Waals surface area contributed by atoms with E-state index in [0.29, 0.717) is 23.7 Å². The molecule has 2 N–H and O–H groups in total. The Morgan fingerprint density at radius 1 is 1.07 bits per heavy atom. The van der Waals surface area contributed by atoms with Gasteiger partial charge in [0.1, 0.15) is 5.75 Å². The van der Waals surface area contributed by atoms with E-state index >= 15 is 0 Å². The Hall–Kier alpha value is -3.09. The van der Waals surface area contributed by atoms with Gasteiger partial charge in [-0.2, -0.15) is 0 Å². The molecular weight excluding hydrogens is 404 g/mol. The van der Waals surface area contributed by atoms with Gasteiger partial charge in [-0.3, -0.25) is 10.1 Å². The molecule has 7 heteroatoms. The summed E-state index contributed by atoms with van der Waals surface area (Å²) in [5.74, 6) is 0.758. The molecular formula is C23H23ClN2O4. The number of nitrogens with one attached hydrogen (secondary N) is 1. The quantitative estimate of drug-likeness (QED) is 0.327. The topological polar surface area (TPSA) is 84.6 Å². The van der Waals surface area contributed by atoms with Crippen LogP contribution in [-0.4, -0.2) is 16.6 Å². The summed E-state index contributed by atoms with van der Waals surface area (Å²) in [6.45, 7) is 2.49. The molecule has 0 heterocycles. The minimum absolute atomic E-state index is 0.00342. The van der Waals surface area contributed by atoms with Gasteiger partial charge < -0.3 is 15.2 Å². The highest BCUT2D eigenvalue weighted by Crippen LogP contribution is 2.32. The van der Waals surface area contributed by atoms with E-state index in [1.54, 1.807) is 36.4 Å². The molecule has 2 atom stereocenters. The number of non-ortho nitro benzene ring substituents is 1. The summed E-state index contributed by atoms with van der Waals surface area (Å²) in [6, 6.07) is 20.7. The van der Waals surface area contributed by atoms with Crippen molar-refractivity contribution in [1.82, 2.24) is 0 Å². The largest absolute Gasteiger partial charge is 0.494 e. The van der Waals surface area contributed by atoms with Crippen LogP contribution in [0.15, 0.2) is 72.8 Å². The number of anilines is 1. The molecule has 0 radical (unpaired) electrons. The van der Waals surface area contributed by atoms with Gasteiger partial charge in [0.15, 0.2) is 0 Å². The van der Waals surface area contributed by atoms with E-state index in [1.165, 1.54) is 12.1 Å². The summed E-state index contributed by atoms with van der Waals surface area (Å²) >= 11 is 5.95. The third-order valence-electron chi connectivity index (χ3n) is 4.71. The lowest BCUT2D eigenvalue weighted by atomic mass is 9.96. The van der Waals surface area contributed by atoms with Crippen molar-refractivity contribution >= 4 is 23.0 Å². The van der Waals surface area contributed by atoms with Gasteiger partial charge in [0, 0.05) is 29.3 Å². The number of halogens is 1. The predicted molar refractivity (Wildman–Crippen MR) is 118 cm³/mol. The molecule has 0 bridgehead atoms. The van der Waals surface area contributed by atoms with E-state index in [2.05, 4.69) is 5.32 Å². The number of hydrogen-bond donors (Lipinski definition) is 2. The molecule has 30 heavy (non-hydrogen) atoms. The number of benzene rings is 3. The molecule has 0 fully saturated rings. The molecule has 0 saturated carbocycles. The van der Waals surface area contributed by atoms with Crippen molar-refractivity contribution in [2.75, 3.05) is 11.9 Å². The van der Waals surface area contributed by atoms with Crippen LogP contribution in [-0.2, 0) is 0 Å². The maximum atomic E-state index is 11.1. The molecule has 0 aliphatic heterocycles. The van der Waals surface area contributed by atoms with Gasteiger partial charge >= 0.3 is 0 Å². The lowest BCUT2D eigenvalue weighted by molar-refractivity contribution is -0.384. The predicted octanol–water partition coefficient (Wildman–Crippen LogP) is 5.92. The minimum Gasteiger partial charge on any atom is -0.494 e. The SMILES string of the molecule is CCOc1ccc(C(CC(O)c2ccc(Cl)cc2)Nc2cccc([N+](=O)[O-])c2)cc1. The smallest absolute Gasteiger partial charge is 0.271 e. The summed E-state index contributed by atoms with van der Waals surface area (Å²) in [5.41, 5.74) is 2.28. The second-order valence-corrected chi connectivity index (χ2v) is 7.25. The minimum atomic E-state index is -0.745. The first-order valence-electron chi connectivity index (χ1n) is 9.63. The van der Waals surface area contributed by atoms with Crippen LogP contribution in [0.25, 0.3) is 0 Å². The molecule has 0 saturated heterocycles. The molecule has 0 aromatic heterocycles. The number of hydrogen-bond acceptors (Lipinski definition) is 5. The van der Waals surface area contributed by atoms with Crippen molar-refractivity contribution in [3.63, 3.8) is 0 Å². The first-order chi connectivity index (χ1) is 14.5. The average Bonchev–Trinajstić information content (AvgIpc) is 2.74. The van der Waals surface area contributed by atoms with Gasteiger partial charge in [0.05, 0.1) is 23.7 Å². The van der Waals surface area contributed by atoms with Crippen LogP contribution in [0.1, 0.15) is 36.6 Å². The zero-order chi connectivity index (χ0) is 21.5. The fourth-order valence-electron chi connectivity index (χ4n) is 3.20. The Kier molecular flexibility index (Phi) is 7.27. The van der Waals surface area contributed by atoms with Crippen LogP contribution in [0.4, 0.5) is 11.4 Å². The van der Waals surface area contributed by atoms with Crippen LogP contribution in [0.2, 0.25) is 5.02 Å². The van der Waals surface area contributed by atoms with Gasteiger partial charge in [0.25, 0.3) is 5.69 Å². The van der Waals surface area contributed by atoms with Crippen LogP contribution < -0.4 is 10.1 Å². The number of nitro benzene ring substituents is 1. The highest BCUT2D eigenvalue weighted by atomic mass is 35.5. The molecule has 156 valence electrons. The van der Waals surface area contributed by atoms with Gasteiger partial charge in [-0.1, -0.05) is 41.9 Å². The van der Waals surface area contributed by atoms with E-state index in [1.807, 2.05) is 31.2 Å². The number of rotatable bonds is 9. The molecule has 6 nitrogen and oxygen atoms in total. The first kappa shape index (κ1) is 21.6. The van der Waals surface area contributed by atoms with Gasteiger partial charge in [-0.15, -0.1) is 0 Å². The van der Waals surface area contributed by atoms with E-state index in [-0.39, 0.29) is 11.7 Å². The molecule has 0 spiro atoms. The highest BCUT2D eigenvalue weighted by molar-refractivity contribution is 6.30. The van der Waals surface area contributed by atoms with Gasteiger partial charge in [-0.05, 0) is 48.4 Å². The van der Waals surface area contributed by atoms with Crippen LogP contribution in [0, 0.1) is 10.1 Å². The lowest BCUT2D eigenvalue weighted by Crippen LogP contribution is -2.15. The van der Waals surface area contributed by atoms with E-state index in [9.17, 15) is 15.2 Å². The van der Waals surface area contributed by atoms with Gasteiger partial charge in [-0.25, -0.2) is 0 Å². The van der Waals surface area contributed by atoms with Crippen LogP contribution in [0.5, 0.6) is 5.75 Å². The Morgan fingerprint density at radius 2 is 1.73 bits per heavy atom. The summed E-state index contributed by atoms with van der Waals surface area (Å²) in [6.07, 6.45) is -0.386. The number of aliphatic hydroxyl groups excluding tert-OH is 1. The number of nitro groups is 1. The first-order valence-corrected chi connectivity index (χ1v) is 10.0. The molecule has 3 aromatic rings. The Labute approximate surface area is 180 Å². The molecule has 3 rings (SSSR count). The van der Waals surface area contributed by atoms with E-state index < -0.39 is 11.0 Å². The summed E-state index contributed by atoms with van der Waals surface area (Å²) in [5, 5.41) is 25.8. The lowest BCUT2D eigenvalue weighted by Gasteiger charge is -2.24. The van der Waals surface area contributed by atoms with Crippen LogP contribution >= 0.6 is 11.6 Å². The number of aliphatic hydroxyl groups is 1. The second kappa shape index (κ2) is 10.1. The Bertz CT molecular complexity index is 977. The normalized spacial score (nSPS) is 12.8. The monoisotopic (exact) mass is 426 g/mol. The van der Waals surface area contributed by atoms with Crippen molar-refractivity contribution in [3.05, 3.63) is 99.1 Å². The van der Waals surface area contributed by atoms with Crippen molar-refractivity contribution in [1.29, 1.82) is 0 Å². The highest BCUT2D eigenvalue weighted by Gasteiger charge is 2.19. The average molecular weight is 427 g/mol. The number of nitrogens with zero attached hydrogens (tertiary/aromatic N) is 1. The fraction of sp³-hybridized carbons (Fsp3) is 0.217. The van der Waals surface area contributed by atoms with Crippen LogP contribution in [0.3, 0.4) is 0 Å².